The predicted molar refractivity (Wildman–Crippen MR) is 88.1 cm³/mol. The van der Waals surface area contributed by atoms with E-state index < -0.39 is 0 Å². The van der Waals surface area contributed by atoms with Gasteiger partial charge in [-0.05, 0) is 43.5 Å². The lowest BCUT2D eigenvalue weighted by molar-refractivity contribution is -0.130. The van der Waals surface area contributed by atoms with E-state index in [1.54, 1.807) is 0 Å². The molecule has 0 aromatic heterocycles. The van der Waals surface area contributed by atoms with Crippen LogP contribution in [0.2, 0.25) is 0 Å². The first-order valence-corrected chi connectivity index (χ1v) is 7.66. The van der Waals surface area contributed by atoms with Gasteiger partial charge in [-0.3, -0.25) is 4.79 Å². The summed E-state index contributed by atoms with van der Waals surface area (Å²) in [5.74, 6) is 0.233. The second kappa shape index (κ2) is 8.65. The zero-order valence-corrected chi connectivity index (χ0v) is 14.2. The summed E-state index contributed by atoms with van der Waals surface area (Å²) in [4.78, 5) is 13.9. The zero-order chi connectivity index (χ0) is 13.7. The molecule has 20 heavy (non-hydrogen) atoms. The van der Waals surface area contributed by atoms with Gasteiger partial charge in [0.15, 0.2) is 0 Å². The van der Waals surface area contributed by atoms with Crippen LogP contribution in [-0.4, -0.2) is 30.4 Å². The lowest BCUT2D eigenvalue weighted by Gasteiger charge is -2.18. The average molecular weight is 362 g/mol. The topological polar surface area (TPSA) is 32.3 Å². The maximum Gasteiger partial charge on any atom is 0.222 e. The molecule has 0 aliphatic carbocycles. The quantitative estimate of drug-likeness (QED) is 0.872. The summed E-state index contributed by atoms with van der Waals surface area (Å²) in [7, 11) is 1.88. The maximum absolute atomic E-state index is 12.1. The Hall–Kier alpha value is -0.580. The Morgan fingerprint density at radius 1 is 1.40 bits per heavy atom. The monoisotopic (exact) mass is 360 g/mol. The largest absolute Gasteiger partial charge is 0.341 e. The molecule has 1 fully saturated rings. The van der Waals surface area contributed by atoms with Crippen molar-refractivity contribution in [3.63, 3.8) is 0 Å². The number of benzene rings is 1. The maximum atomic E-state index is 12.1. The molecule has 1 aliphatic rings. The molecule has 3 nitrogen and oxygen atoms in total. The molecule has 1 heterocycles. The van der Waals surface area contributed by atoms with Crippen molar-refractivity contribution in [2.24, 2.45) is 0 Å². The van der Waals surface area contributed by atoms with Gasteiger partial charge in [-0.1, -0.05) is 28.1 Å². The number of amides is 1. The van der Waals surface area contributed by atoms with Crippen LogP contribution in [0.1, 0.15) is 31.2 Å². The van der Waals surface area contributed by atoms with Crippen LogP contribution in [0.3, 0.4) is 0 Å². The average Bonchev–Trinajstić information content (AvgIpc) is 2.91. The molecule has 1 aliphatic heterocycles. The standard InChI is InChI=1S/C15H21BrN2O.ClH/c1-18(11-12-4-6-13(16)7-5-12)15(19)9-8-14-3-2-10-17-14;/h4-7,14,17H,2-3,8-11H2,1H3;1H. The SMILES string of the molecule is CN(Cc1ccc(Br)cc1)C(=O)CCC1CCCN1.Cl. The van der Waals surface area contributed by atoms with E-state index in [1.165, 1.54) is 12.8 Å². The number of hydrogen-bond acceptors (Lipinski definition) is 2. The van der Waals surface area contributed by atoms with Gasteiger partial charge in [-0.25, -0.2) is 0 Å². The molecule has 1 saturated heterocycles. The first-order valence-electron chi connectivity index (χ1n) is 6.87. The fraction of sp³-hybridized carbons (Fsp3) is 0.533. The Balaban J connectivity index is 0.00000200. The third-order valence-electron chi connectivity index (χ3n) is 3.63. The van der Waals surface area contributed by atoms with Gasteiger partial charge < -0.3 is 10.2 Å². The highest BCUT2D eigenvalue weighted by Crippen LogP contribution is 2.14. The summed E-state index contributed by atoms with van der Waals surface area (Å²) in [5.41, 5.74) is 1.16. The third-order valence-corrected chi connectivity index (χ3v) is 4.16. The number of nitrogens with zero attached hydrogens (tertiary/aromatic N) is 1. The Morgan fingerprint density at radius 3 is 2.70 bits per heavy atom. The van der Waals surface area contributed by atoms with Gasteiger partial charge in [-0.2, -0.15) is 0 Å². The highest BCUT2D eigenvalue weighted by Gasteiger charge is 2.16. The first-order chi connectivity index (χ1) is 9.15. The van der Waals surface area contributed by atoms with Crippen LogP contribution in [0.15, 0.2) is 28.7 Å². The van der Waals surface area contributed by atoms with Crippen molar-refractivity contribution in [3.8, 4) is 0 Å². The van der Waals surface area contributed by atoms with Gasteiger partial charge in [0.1, 0.15) is 0 Å². The smallest absolute Gasteiger partial charge is 0.222 e. The predicted octanol–water partition coefficient (Wildman–Crippen LogP) is 3.36. The second-order valence-corrected chi connectivity index (χ2v) is 6.12. The highest BCUT2D eigenvalue weighted by atomic mass is 79.9. The van der Waals surface area contributed by atoms with Crippen molar-refractivity contribution >= 4 is 34.2 Å². The van der Waals surface area contributed by atoms with E-state index in [9.17, 15) is 4.79 Å². The molecule has 1 N–H and O–H groups in total. The summed E-state index contributed by atoms with van der Waals surface area (Å²) < 4.78 is 1.07. The normalized spacial score (nSPS) is 17.6. The van der Waals surface area contributed by atoms with E-state index in [-0.39, 0.29) is 18.3 Å². The molecule has 0 spiro atoms. The van der Waals surface area contributed by atoms with Gasteiger partial charge in [-0.15, -0.1) is 12.4 Å². The van der Waals surface area contributed by atoms with Gasteiger partial charge in [0.2, 0.25) is 5.91 Å². The minimum atomic E-state index is 0. The Labute approximate surface area is 135 Å². The van der Waals surface area contributed by atoms with Crippen molar-refractivity contribution in [1.82, 2.24) is 10.2 Å². The lowest BCUT2D eigenvalue weighted by atomic mass is 10.1. The number of halogens is 2. The van der Waals surface area contributed by atoms with Crippen molar-refractivity contribution in [1.29, 1.82) is 0 Å². The van der Waals surface area contributed by atoms with E-state index in [4.69, 9.17) is 0 Å². The first kappa shape index (κ1) is 17.5. The fourth-order valence-corrected chi connectivity index (χ4v) is 2.71. The summed E-state index contributed by atoms with van der Waals surface area (Å²) in [5, 5.41) is 3.43. The van der Waals surface area contributed by atoms with E-state index in [0.29, 0.717) is 19.0 Å². The molecular formula is C15H22BrClN2O. The van der Waals surface area contributed by atoms with Crippen LogP contribution in [-0.2, 0) is 11.3 Å². The van der Waals surface area contributed by atoms with Crippen molar-refractivity contribution in [3.05, 3.63) is 34.3 Å². The molecule has 1 aromatic carbocycles. The Kier molecular flexibility index (Phi) is 7.56. The second-order valence-electron chi connectivity index (χ2n) is 5.21. The van der Waals surface area contributed by atoms with Crippen LogP contribution in [0.5, 0.6) is 0 Å². The van der Waals surface area contributed by atoms with Crippen LogP contribution < -0.4 is 5.32 Å². The molecule has 1 amide bonds. The van der Waals surface area contributed by atoms with Crippen molar-refractivity contribution in [2.45, 2.75) is 38.3 Å². The highest BCUT2D eigenvalue weighted by molar-refractivity contribution is 9.10. The number of carbonyl (C=O) groups is 1. The molecule has 0 saturated carbocycles. The van der Waals surface area contributed by atoms with E-state index >= 15 is 0 Å². The van der Waals surface area contributed by atoms with Gasteiger partial charge in [0.05, 0.1) is 0 Å². The van der Waals surface area contributed by atoms with Gasteiger partial charge in [0, 0.05) is 30.5 Å². The van der Waals surface area contributed by atoms with E-state index in [1.807, 2.05) is 36.2 Å². The summed E-state index contributed by atoms with van der Waals surface area (Å²) in [6, 6.07) is 8.66. The Morgan fingerprint density at radius 2 is 2.10 bits per heavy atom. The summed E-state index contributed by atoms with van der Waals surface area (Å²) in [6.07, 6.45) is 4.06. The molecular weight excluding hydrogens is 340 g/mol. The van der Waals surface area contributed by atoms with E-state index in [0.717, 1.165) is 23.0 Å². The van der Waals surface area contributed by atoms with Gasteiger partial charge >= 0.3 is 0 Å². The summed E-state index contributed by atoms with van der Waals surface area (Å²) in [6.45, 7) is 1.79. The molecule has 0 radical (unpaired) electrons. The van der Waals surface area contributed by atoms with Crippen LogP contribution in [0.4, 0.5) is 0 Å². The van der Waals surface area contributed by atoms with Crippen molar-refractivity contribution in [2.75, 3.05) is 13.6 Å². The van der Waals surface area contributed by atoms with Crippen LogP contribution in [0.25, 0.3) is 0 Å². The number of rotatable bonds is 5. The molecule has 1 atom stereocenters. The minimum absolute atomic E-state index is 0. The van der Waals surface area contributed by atoms with Crippen LogP contribution >= 0.6 is 28.3 Å². The zero-order valence-electron chi connectivity index (χ0n) is 11.8. The fourth-order valence-electron chi connectivity index (χ4n) is 2.44. The number of hydrogen-bond donors (Lipinski definition) is 1. The molecule has 1 unspecified atom stereocenters. The Bertz CT molecular complexity index is 418. The van der Waals surface area contributed by atoms with Crippen LogP contribution in [0, 0.1) is 0 Å². The molecule has 112 valence electrons. The summed E-state index contributed by atoms with van der Waals surface area (Å²) >= 11 is 3.42. The van der Waals surface area contributed by atoms with E-state index in [2.05, 4.69) is 21.2 Å². The number of carbonyl (C=O) groups excluding carboxylic acids is 1. The number of nitrogens with one attached hydrogen (secondary N) is 1. The third kappa shape index (κ3) is 5.43. The minimum Gasteiger partial charge on any atom is -0.341 e. The van der Waals surface area contributed by atoms with Crippen molar-refractivity contribution < 1.29 is 4.79 Å². The molecule has 2 rings (SSSR count). The molecule has 0 bridgehead atoms. The van der Waals surface area contributed by atoms with Gasteiger partial charge in [0.25, 0.3) is 0 Å². The molecule has 1 aromatic rings. The lowest BCUT2D eigenvalue weighted by Crippen LogP contribution is -2.29. The molecule has 5 heteroatoms.